The minimum atomic E-state index is -1.82. The molecule has 0 saturated carbocycles. The van der Waals surface area contributed by atoms with Gasteiger partial charge in [-0.15, -0.1) is 0 Å². The number of rotatable bonds is 34. The van der Waals surface area contributed by atoms with E-state index >= 15 is 0 Å². The summed E-state index contributed by atoms with van der Waals surface area (Å²) in [6.45, 7) is 11.8. The van der Waals surface area contributed by atoms with Gasteiger partial charge in [0.05, 0.1) is 12.2 Å². The van der Waals surface area contributed by atoms with E-state index in [-0.39, 0.29) is 12.2 Å². The number of aliphatic hydroxyl groups excluding tert-OH is 2. The number of aliphatic hydroxyl groups is 2. The summed E-state index contributed by atoms with van der Waals surface area (Å²) in [5, 5.41) is 87.7. The minimum absolute atomic E-state index is 0.282. The van der Waals surface area contributed by atoms with Crippen molar-refractivity contribution in [2.24, 2.45) is 5.73 Å². The van der Waals surface area contributed by atoms with Gasteiger partial charge in [0.15, 0.2) is 0 Å². The van der Waals surface area contributed by atoms with Crippen molar-refractivity contribution in [3.63, 3.8) is 0 Å². The Balaban J connectivity index is -0.000000387. The SMILES string of the molecule is CCCCCCCCCCC(O)CN(CCCNCCCCNCCCN)CC(O)CCCCCCCCCC.O=C(O)C(=O)O.O=C(O)C(=O)O.O=C(O)C(=O)O.O=C(O)C(=O)O. The van der Waals surface area contributed by atoms with Gasteiger partial charge in [-0.05, 0) is 77.8 Å². The fourth-order valence-electron chi connectivity index (χ4n) is 5.47. The van der Waals surface area contributed by atoms with Crippen LogP contribution in [0.4, 0.5) is 0 Å². The molecule has 0 rings (SSSR count). The lowest BCUT2D eigenvalue weighted by molar-refractivity contribution is -0.159. The monoisotopic (exact) mass is 931 g/mol. The highest BCUT2D eigenvalue weighted by Crippen LogP contribution is 2.14. The van der Waals surface area contributed by atoms with Gasteiger partial charge in [0.1, 0.15) is 0 Å². The summed E-state index contributed by atoms with van der Waals surface area (Å²) < 4.78 is 0. The normalized spacial score (nSPS) is 11.1. The van der Waals surface area contributed by atoms with E-state index in [0.717, 1.165) is 77.8 Å². The molecular weight excluding hydrogens is 848 g/mol. The van der Waals surface area contributed by atoms with Crippen LogP contribution in [0.3, 0.4) is 0 Å². The number of nitrogens with one attached hydrogen (secondary N) is 2. The van der Waals surface area contributed by atoms with Crippen molar-refractivity contribution < 1.29 is 89.4 Å². The van der Waals surface area contributed by atoms with Crippen molar-refractivity contribution in [1.82, 2.24) is 15.5 Å². The largest absolute Gasteiger partial charge is 0.473 e. The van der Waals surface area contributed by atoms with Crippen LogP contribution in [0.1, 0.15) is 155 Å². The predicted molar refractivity (Wildman–Crippen MR) is 237 cm³/mol. The summed E-state index contributed by atoms with van der Waals surface area (Å²) in [6, 6.07) is 0. The summed E-state index contributed by atoms with van der Waals surface area (Å²) in [6.07, 6.45) is 26.5. The van der Waals surface area contributed by atoms with Gasteiger partial charge >= 0.3 is 47.8 Å². The van der Waals surface area contributed by atoms with Gasteiger partial charge in [-0.3, -0.25) is 4.90 Å². The summed E-state index contributed by atoms with van der Waals surface area (Å²) in [7, 11) is 0. The molecule has 0 heterocycles. The maximum atomic E-state index is 10.8. The van der Waals surface area contributed by atoms with Gasteiger partial charge in [0.2, 0.25) is 0 Å². The van der Waals surface area contributed by atoms with Crippen LogP contribution in [0.5, 0.6) is 0 Å². The molecule has 0 fully saturated rings. The second kappa shape index (κ2) is 52.9. The van der Waals surface area contributed by atoms with E-state index in [2.05, 4.69) is 29.4 Å². The van der Waals surface area contributed by atoms with Crippen LogP contribution < -0.4 is 16.4 Å². The molecule has 0 aliphatic heterocycles. The van der Waals surface area contributed by atoms with E-state index < -0.39 is 47.8 Å². The molecular formula is C42H82N4O18. The third-order valence-corrected chi connectivity index (χ3v) is 8.79. The molecule has 0 spiro atoms. The molecule has 22 nitrogen and oxygen atoms in total. The number of aliphatic carboxylic acids is 8. The van der Waals surface area contributed by atoms with E-state index in [4.69, 9.17) is 84.9 Å². The topological polar surface area (TPSA) is 392 Å². The number of carboxylic acid groups (broad SMARTS) is 8. The fraction of sp³-hybridized carbons (Fsp3) is 0.810. The van der Waals surface area contributed by atoms with Crippen molar-refractivity contribution >= 4 is 47.8 Å². The Kier molecular flexibility index (Phi) is 56.6. The quantitative estimate of drug-likeness (QED) is 0.0325. The van der Waals surface area contributed by atoms with E-state index in [1.165, 1.54) is 103 Å². The fourth-order valence-corrected chi connectivity index (χ4v) is 5.47. The van der Waals surface area contributed by atoms with E-state index in [9.17, 15) is 10.2 Å². The number of carbonyl (C=O) groups is 8. The average Bonchev–Trinajstić information content (AvgIpc) is 3.22. The van der Waals surface area contributed by atoms with Crippen molar-refractivity contribution in [1.29, 1.82) is 0 Å². The molecule has 0 amide bonds. The minimum Gasteiger partial charge on any atom is -0.473 e. The zero-order valence-corrected chi connectivity index (χ0v) is 38.1. The third-order valence-electron chi connectivity index (χ3n) is 8.79. The van der Waals surface area contributed by atoms with Crippen LogP contribution in [-0.2, 0) is 38.4 Å². The maximum Gasteiger partial charge on any atom is 0.414 e. The van der Waals surface area contributed by atoms with Crippen molar-refractivity contribution in [2.45, 2.75) is 167 Å². The number of carboxylic acids is 8. The third kappa shape index (κ3) is 66.6. The molecule has 0 radical (unpaired) electrons. The number of unbranched alkanes of at least 4 members (excludes halogenated alkanes) is 15. The zero-order valence-electron chi connectivity index (χ0n) is 38.1. The average molecular weight is 931 g/mol. The van der Waals surface area contributed by atoms with Crippen molar-refractivity contribution in [3.8, 4) is 0 Å². The van der Waals surface area contributed by atoms with Crippen LogP contribution in [0.15, 0.2) is 0 Å². The number of hydrogen-bond acceptors (Lipinski definition) is 14. The lowest BCUT2D eigenvalue weighted by Gasteiger charge is -2.27. The smallest absolute Gasteiger partial charge is 0.414 e. The maximum absolute atomic E-state index is 10.8. The van der Waals surface area contributed by atoms with Gasteiger partial charge in [0, 0.05) is 13.1 Å². The molecule has 0 aliphatic rings. The molecule has 0 aromatic rings. The lowest BCUT2D eigenvalue weighted by atomic mass is 10.0. The molecule has 64 heavy (non-hydrogen) atoms. The molecule has 0 aromatic heterocycles. The Morgan fingerprint density at radius 1 is 0.391 bits per heavy atom. The van der Waals surface area contributed by atoms with Crippen LogP contribution in [0.25, 0.3) is 0 Å². The van der Waals surface area contributed by atoms with Crippen LogP contribution in [-0.4, -0.2) is 168 Å². The molecule has 378 valence electrons. The first-order chi connectivity index (χ1) is 30.2. The highest BCUT2D eigenvalue weighted by Gasteiger charge is 2.16. The first-order valence-corrected chi connectivity index (χ1v) is 22.3. The van der Waals surface area contributed by atoms with Crippen molar-refractivity contribution in [2.75, 3.05) is 52.4 Å². The number of nitrogens with zero attached hydrogens (tertiary/aromatic N) is 1. The van der Waals surface area contributed by atoms with Crippen LogP contribution >= 0.6 is 0 Å². The molecule has 0 bridgehead atoms. The highest BCUT2D eigenvalue weighted by atomic mass is 16.5. The Morgan fingerprint density at radius 3 is 0.906 bits per heavy atom. The molecule has 0 aliphatic carbocycles. The second-order valence-electron chi connectivity index (χ2n) is 14.7. The van der Waals surface area contributed by atoms with Crippen molar-refractivity contribution in [3.05, 3.63) is 0 Å². The Labute approximate surface area is 377 Å². The van der Waals surface area contributed by atoms with E-state index in [0.29, 0.717) is 13.1 Å². The number of nitrogens with two attached hydrogens (primary N) is 1. The van der Waals surface area contributed by atoms with E-state index in [1.54, 1.807) is 0 Å². The Hall–Kier alpha value is -4.48. The summed E-state index contributed by atoms with van der Waals surface area (Å²) in [4.78, 5) is 75.1. The van der Waals surface area contributed by atoms with Gasteiger partial charge in [-0.1, -0.05) is 117 Å². The molecule has 2 atom stereocenters. The highest BCUT2D eigenvalue weighted by molar-refractivity contribution is 6.28. The molecule has 2 unspecified atom stereocenters. The summed E-state index contributed by atoms with van der Waals surface area (Å²) in [5.74, 6) is -14.6. The molecule has 14 N–H and O–H groups in total. The van der Waals surface area contributed by atoms with Crippen LogP contribution in [0, 0.1) is 0 Å². The molecule has 0 aromatic carbocycles. The Morgan fingerprint density at radius 2 is 0.641 bits per heavy atom. The molecule has 22 heteroatoms. The summed E-state index contributed by atoms with van der Waals surface area (Å²) >= 11 is 0. The first-order valence-electron chi connectivity index (χ1n) is 22.3. The summed E-state index contributed by atoms with van der Waals surface area (Å²) in [5.41, 5.74) is 5.53. The molecule has 0 saturated heterocycles. The zero-order chi connectivity index (χ0) is 50.0. The van der Waals surface area contributed by atoms with E-state index in [1.807, 2.05) is 0 Å². The van der Waals surface area contributed by atoms with Gasteiger partial charge in [-0.2, -0.15) is 0 Å². The standard InChI is InChI=1S/C34H74N4O2.4C2H2O4/c1-3-5-7-9-11-13-15-17-23-33(39)31-38(30-22-29-37-27-20-19-26-36-28-21-25-35)32-34(40)24-18-16-14-12-10-8-6-4-2;4*3-1(4)2(5)6/h33-34,36-37,39-40H,3-32,35H2,1-2H3;4*(H,3,4)(H,5,6). The van der Waals surface area contributed by atoms with Crippen LogP contribution in [0.2, 0.25) is 0 Å². The second-order valence-corrected chi connectivity index (χ2v) is 14.7. The first kappa shape index (κ1) is 68.6. The predicted octanol–water partition coefficient (Wildman–Crippen LogP) is 3.39. The van der Waals surface area contributed by atoms with Gasteiger partial charge in [-0.25, -0.2) is 38.4 Å². The lowest BCUT2D eigenvalue weighted by Crippen LogP contribution is -2.39. The van der Waals surface area contributed by atoms with Gasteiger partial charge < -0.3 is 67.4 Å². The Bertz CT molecular complexity index is 1020. The van der Waals surface area contributed by atoms with Gasteiger partial charge in [0.25, 0.3) is 0 Å². The number of hydrogen-bond donors (Lipinski definition) is 13.